The van der Waals surface area contributed by atoms with Crippen molar-refractivity contribution in [3.8, 4) is 0 Å². The third-order valence-corrected chi connectivity index (χ3v) is 4.71. The van der Waals surface area contributed by atoms with E-state index in [9.17, 15) is 9.59 Å². The molecule has 3 unspecified atom stereocenters. The van der Waals surface area contributed by atoms with Crippen LogP contribution in [-0.4, -0.2) is 53.5 Å². The van der Waals surface area contributed by atoms with Gasteiger partial charge in [0.1, 0.15) is 0 Å². The first-order valence-corrected chi connectivity index (χ1v) is 7.48. The van der Waals surface area contributed by atoms with Gasteiger partial charge in [-0.2, -0.15) is 0 Å². The molecule has 3 fully saturated rings. The quantitative estimate of drug-likeness (QED) is 0.833. The maximum atomic E-state index is 12.2. The summed E-state index contributed by atoms with van der Waals surface area (Å²) in [5.41, 5.74) is 0. The summed E-state index contributed by atoms with van der Waals surface area (Å²) in [6, 6.07) is 0.561. The molecule has 5 heteroatoms. The van der Waals surface area contributed by atoms with E-state index in [1.165, 1.54) is 12.8 Å². The average Bonchev–Trinajstić information content (AvgIpc) is 3.06. The predicted octanol–water partition coefficient (Wildman–Crippen LogP) is 1.19. The van der Waals surface area contributed by atoms with E-state index in [2.05, 4.69) is 5.32 Å². The Morgan fingerprint density at radius 2 is 2.32 bits per heavy atom. The first kappa shape index (κ1) is 12.8. The van der Waals surface area contributed by atoms with Crippen LogP contribution in [0.3, 0.4) is 0 Å². The molecule has 3 aliphatic rings. The molecule has 1 N–H and O–H groups in total. The molecule has 19 heavy (non-hydrogen) atoms. The molecule has 3 amide bonds. The first-order valence-electron chi connectivity index (χ1n) is 7.48. The van der Waals surface area contributed by atoms with Crippen LogP contribution in [0.1, 0.15) is 39.0 Å². The number of nitrogens with one attached hydrogen (secondary N) is 1. The van der Waals surface area contributed by atoms with E-state index in [0.29, 0.717) is 19.0 Å². The lowest BCUT2D eigenvalue weighted by Gasteiger charge is -2.29. The Morgan fingerprint density at radius 1 is 1.47 bits per heavy atom. The molecule has 1 aliphatic carbocycles. The second-order valence-electron chi connectivity index (χ2n) is 6.28. The van der Waals surface area contributed by atoms with Crippen LogP contribution in [-0.2, 0) is 4.79 Å². The Bertz CT molecular complexity index is 385. The highest BCUT2D eigenvalue weighted by molar-refractivity contribution is 5.78. The van der Waals surface area contributed by atoms with Gasteiger partial charge >= 0.3 is 6.03 Å². The van der Waals surface area contributed by atoms with Crippen LogP contribution in [0.15, 0.2) is 0 Å². The van der Waals surface area contributed by atoms with E-state index in [1.807, 2.05) is 16.7 Å². The van der Waals surface area contributed by atoms with Crippen LogP contribution >= 0.6 is 0 Å². The van der Waals surface area contributed by atoms with Crippen LogP contribution in [0.5, 0.6) is 0 Å². The topological polar surface area (TPSA) is 52.7 Å². The van der Waals surface area contributed by atoms with Gasteiger partial charge in [-0.05, 0) is 38.5 Å². The molecular weight excluding hydrogens is 242 g/mol. The van der Waals surface area contributed by atoms with Crippen LogP contribution in [0.2, 0.25) is 0 Å². The van der Waals surface area contributed by atoms with Crippen molar-refractivity contribution in [3.05, 3.63) is 0 Å². The minimum Gasteiger partial charge on any atom is -0.341 e. The number of rotatable bonds is 3. The smallest absolute Gasteiger partial charge is 0.317 e. The zero-order valence-corrected chi connectivity index (χ0v) is 11.6. The molecular formula is C14H23N3O2. The number of piperidine rings is 1. The van der Waals surface area contributed by atoms with E-state index in [1.54, 1.807) is 0 Å². The summed E-state index contributed by atoms with van der Waals surface area (Å²) < 4.78 is 0. The summed E-state index contributed by atoms with van der Waals surface area (Å²) in [6.07, 6.45) is 5.25. The average molecular weight is 265 g/mol. The largest absolute Gasteiger partial charge is 0.341 e. The minimum absolute atomic E-state index is 0.0358. The summed E-state index contributed by atoms with van der Waals surface area (Å²) in [5.74, 6) is 0.951. The van der Waals surface area contributed by atoms with Gasteiger partial charge in [0.25, 0.3) is 0 Å². The van der Waals surface area contributed by atoms with Crippen molar-refractivity contribution in [2.24, 2.45) is 5.92 Å². The second kappa shape index (κ2) is 5.02. The third-order valence-electron chi connectivity index (χ3n) is 4.71. The van der Waals surface area contributed by atoms with E-state index in [0.717, 1.165) is 31.8 Å². The van der Waals surface area contributed by atoms with Crippen molar-refractivity contribution in [3.63, 3.8) is 0 Å². The molecule has 1 saturated carbocycles. The fraction of sp³-hybridized carbons (Fsp3) is 0.857. The molecule has 3 rings (SSSR count). The number of carbonyl (C=O) groups excluding carboxylic acids is 2. The van der Waals surface area contributed by atoms with Gasteiger partial charge in [0.15, 0.2) is 0 Å². The SMILES string of the molecule is CC(CN1CCCC1=O)NC(=O)N1CC2CCC1C2. The number of urea groups is 1. The number of nitrogens with zero attached hydrogens (tertiary/aromatic N) is 2. The van der Waals surface area contributed by atoms with Gasteiger partial charge in [-0.25, -0.2) is 4.79 Å². The lowest BCUT2D eigenvalue weighted by atomic mass is 10.1. The van der Waals surface area contributed by atoms with Gasteiger partial charge in [-0.15, -0.1) is 0 Å². The molecule has 5 nitrogen and oxygen atoms in total. The Balaban J connectivity index is 1.48. The molecule has 2 saturated heterocycles. The molecule has 0 aromatic rings. The minimum atomic E-state index is 0.0358. The Kier molecular flexibility index (Phi) is 3.37. The highest BCUT2D eigenvalue weighted by Gasteiger charge is 2.40. The maximum absolute atomic E-state index is 12.2. The van der Waals surface area contributed by atoms with Gasteiger partial charge < -0.3 is 15.1 Å². The standard InChI is InChI=1S/C14H23N3O2/c1-10(8-16-6-2-3-13(16)18)15-14(19)17-9-11-4-5-12(17)7-11/h10-12H,2-9H2,1H3,(H,15,19). The number of hydrogen-bond acceptors (Lipinski definition) is 2. The van der Waals surface area contributed by atoms with Crippen molar-refractivity contribution in [1.29, 1.82) is 0 Å². The molecule has 0 aromatic heterocycles. The number of amides is 3. The zero-order valence-electron chi connectivity index (χ0n) is 11.6. The van der Waals surface area contributed by atoms with Crippen molar-refractivity contribution in [1.82, 2.24) is 15.1 Å². The second-order valence-corrected chi connectivity index (χ2v) is 6.28. The fourth-order valence-electron chi connectivity index (χ4n) is 3.74. The first-order chi connectivity index (χ1) is 9.13. The van der Waals surface area contributed by atoms with Crippen molar-refractivity contribution >= 4 is 11.9 Å². The number of hydrogen-bond donors (Lipinski definition) is 1. The molecule has 0 aromatic carbocycles. The molecule has 2 aliphatic heterocycles. The van der Waals surface area contributed by atoms with Gasteiger partial charge in [-0.1, -0.05) is 0 Å². The lowest BCUT2D eigenvalue weighted by molar-refractivity contribution is -0.127. The van der Waals surface area contributed by atoms with E-state index < -0.39 is 0 Å². The Labute approximate surface area is 114 Å². The van der Waals surface area contributed by atoms with Crippen LogP contribution in [0.25, 0.3) is 0 Å². The van der Waals surface area contributed by atoms with Gasteiger partial charge in [-0.3, -0.25) is 4.79 Å². The monoisotopic (exact) mass is 265 g/mol. The van der Waals surface area contributed by atoms with Crippen molar-refractivity contribution in [2.45, 2.75) is 51.1 Å². The summed E-state index contributed by atoms with van der Waals surface area (Å²) >= 11 is 0. The highest BCUT2D eigenvalue weighted by Crippen LogP contribution is 2.37. The maximum Gasteiger partial charge on any atom is 0.317 e. The van der Waals surface area contributed by atoms with Gasteiger partial charge in [0, 0.05) is 38.1 Å². The Morgan fingerprint density at radius 3 is 2.89 bits per heavy atom. The van der Waals surface area contributed by atoms with Gasteiger partial charge in [0.05, 0.1) is 0 Å². The number of likely N-dealkylation sites (tertiary alicyclic amines) is 2. The number of carbonyl (C=O) groups is 2. The number of fused-ring (bicyclic) bond motifs is 2. The summed E-state index contributed by atoms with van der Waals surface area (Å²) in [4.78, 5) is 27.6. The predicted molar refractivity (Wildman–Crippen MR) is 71.6 cm³/mol. The summed E-state index contributed by atoms with van der Waals surface area (Å²) in [5, 5.41) is 3.05. The molecule has 2 bridgehead atoms. The normalized spacial score (nSPS) is 31.1. The third kappa shape index (κ3) is 2.55. The lowest BCUT2D eigenvalue weighted by Crippen LogP contribution is -2.50. The fourth-order valence-corrected chi connectivity index (χ4v) is 3.74. The van der Waals surface area contributed by atoms with Crippen LogP contribution in [0.4, 0.5) is 4.79 Å². The van der Waals surface area contributed by atoms with Crippen molar-refractivity contribution < 1.29 is 9.59 Å². The zero-order chi connectivity index (χ0) is 13.4. The molecule has 3 atom stereocenters. The molecule has 0 radical (unpaired) electrons. The molecule has 106 valence electrons. The van der Waals surface area contributed by atoms with E-state index >= 15 is 0 Å². The highest BCUT2D eigenvalue weighted by atomic mass is 16.2. The molecule has 2 heterocycles. The Hall–Kier alpha value is -1.26. The van der Waals surface area contributed by atoms with Crippen LogP contribution in [0, 0.1) is 5.92 Å². The summed E-state index contributed by atoms with van der Waals surface area (Å²) in [6.45, 7) is 4.39. The summed E-state index contributed by atoms with van der Waals surface area (Å²) in [7, 11) is 0. The van der Waals surface area contributed by atoms with Crippen molar-refractivity contribution in [2.75, 3.05) is 19.6 Å². The van der Waals surface area contributed by atoms with E-state index in [-0.39, 0.29) is 18.0 Å². The van der Waals surface area contributed by atoms with E-state index in [4.69, 9.17) is 0 Å². The van der Waals surface area contributed by atoms with Gasteiger partial charge in [0.2, 0.25) is 5.91 Å². The molecule has 0 spiro atoms. The van der Waals surface area contributed by atoms with Crippen LogP contribution < -0.4 is 5.32 Å².